The second kappa shape index (κ2) is 4.27. The van der Waals surface area contributed by atoms with Crippen LogP contribution in [-0.4, -0.2) is 5.91 Å². The van der Waals surface area contributed by atoms with Crippen molar-refractivity contribution in [1.82, 2.24) is 5.32 Å². The molecule has 65 valence electrons. The molecule has 1 aromatic rings. The number of nitriles is 1. The molecule has 1 N–H and O–H groups in total. The lowest BCUT2D eigenvalue weighted by Gasteiger charge is -2.01. The molecule has 0 spiro atoms. The van der Waals surface area contributed by atoms with Gasteiger partial charge in [0, 0.05) is 13.5 Å². The molecule has 0 aliphatic heterocycles. The van der Waals surface area contributed by atoms with Crippen LogP contribution >= 0.6 is 0 Å². The third-order valence-corrected chi connectivity index (χ3v) is 1.57. The zero-order valence-corrected chi connectivity index (χ0v) is 7.08. The van der Waals surface area contributed by atoms with E-state index in [0.717, 1.165) is 5.56 Å². The molecule has 0 bridgehead atoms. The first-order chi connectivity index (χ1) is 6.22. The summed E-state index contributed by atoms with van der Waals surface area (Å²) in [5.41, 5.74) is 1.57. The maximum Gasteiger partial charge on any atom is 0.220 e. The molecule has 0 aliphatic carbocycles. The normalized spacial score (nSPS) is 8.92. The zero-order valence-electron chi connectivity index (χ0n) is 7.08. The zero-order chi connectivity index (χ0) is 9.68. The first kappa shape index (κ1) is 9.27. The molecular weight excluding hydrogens is 164 g/mol. The first-order valence-electron chi connectivity index (χ1n) is 3.81. The van der Waals surface area contributed by atoms with E-state index in [4.69, 9.17) is 5.26 Å². The van der Waals surface area contributed by atoms with Gasteiger partial charge in [0.15, 0.2) is 0 Å². The summed E-state index contributed by atoms with van der Waals surface area (Å²) in [4.78, 5) is 10.5. The highest BCUT2D eigenvalue weighted by atomic mass is 16.1. The van der Waals surface area contributed by atoms with Crippen LogP contribution in [0.15, 0.2) is 24.3 Å². The smallest absolute Gasteiger partial charge is 0.220 e. The highest BCUT2D eigenvalue weighted by molar-refractivity contribution is 5.79. The number of hydrogen-bond acceptors (Lipinski definition) is 2. The molecule has 0 fully saturated rings. The minimum atomic E-state index is -0.302. The largest absolute Gasteiger partial charge is 0.352 e. The molecule has 1 rings (SSSR count). The van der Waals surface area contributed by atoms with E-state index in [1.165, 1.54) is 0 Å². The summed E-state index contributed by atoms with van der Waals surface area (Å²) in [7, 11) is 0. The fourth-order valence-corrected chi connectivity index (χ4v) is 0.898. The first-order valence-corrected chi connectivity index (χ1v) is 3.81. The average Bonchev–Trinajstić information content (AvgIpc) is 2.15. The number of nitrogens with zero attached hydrogens (tertiary/aromatic N) is 1. The van der Waals surface area contributed by atoms with Crippen LogP contribution in [0.25, 0.3) is 0 Å². The van der Waals surface area contributed by atoms with E-state index < -0.39 is 0 Å². The Kier molecular flexibility index (Phi) is 3.04. The molecule has 1 amide bonds. The quantitative estimate of drug-likeness (QED) is 0.725. The van der Waals surface area contributed by atoms with Gasteiger partial charge in [0.05, 0.1) is 11.6 Å². The Balaban J connectivity index is 2.60. The SMILES string of the molecule is [CH2]C(=O)NCc1ccc(C#N)cc1. The van der Waals surface area contributed by atoms with Gasteiger partial charge in [-0.1, -0.05) is 12.1 Å². The molecule has 0 unspecified atom stereocenters. The second-order valence-corrected chi connectivity index (χ2v) is 2.59. The number of nitrogens with one attached hydrogen (secondary N) is 1. The number of rotatable bonds is 2. The molecule has 3 nitrogen and oxygen atoms in total. The van der Waals surface area contributed by atoms with Crippen LogP contribution in [0.2, 0.25) is 0 Å². The van der Waals surface area contributed by atoms with Crippen LogP contribution < -0.4 is 5.32 Å². The van der Waals surface area contributed by atoms with Gasteiger partial charge in [-0.2, -0.15) is 5.26 Å². The Morgan fingerprint density at radius 1 is 1.46 bits per heavy atom. The molecule has 0 heterocycles. The van der Waals surface area contributed by atoms with E-state index in [0.29, 0.717) is 12.1 Å². The minimum Gasteiger partial charge on any atom is -0.352 e. The van der Waals surface area contributed by atoms with Crippen LogP contribution in [0.1, 0.15) is 11.1 Å². The van der Waals surface area contributed by atoms with Crippen molar-refractivity contribution in [2.45, 2.75) is 6.54 Å². The summed E-state index contributed by atoms with van der Waals surface area (Å²) in [6, 6.07) is 9.05. The maximum absolute atomic E-state index is 10.5. The predicted octanol–water partition coefficient (Wildman–Crippen LogP) is 1.01. The van der Waals surface area contributed by atoms with Crippen LogP contribution in [-0.2, 0) is 11.3 Å². The third kappa shape index (κ3) is 2.96. The fraction of sp³-hybridized carbons (Fsp3) is 0.100. The van der Waals surface area contributed by atoms with E-state index in [-0.39, 0.29) is 5.91 Å². The van der Waals surface area contributed by atoms with Crippen molar-refractivity contribution in [2.24, 2.45) is 0 Å². The predicted molar refractivity (Wildman–Crippen MR) is 48.4 cm³/mol. The summed E-state index contributed by atoms with van der Waals surface area (Å²) in [6.07, 6.45) is 0. The van der Waals surface area contributed by atoms with Crippen molar-refractivity contribution in [3.8, 4) is 6.07 Å². The third-order valence-electron chi connectivity index (χ3n) is 1.57. The van der Waals surface area contributed by atoms with Gasteiger partial charge in [0.2, 0.25) is 5.91 Å². The Morgan fingerprint density at radius 3 is 2.54 bits per heavy atom. The standard InChI is InChI=1S/C10H9N2O/c1-8(13)12-7-10-4-2-9(6-11)3-5-10/h2-5H,1,7H2,(H,12,13). The van der Waals surface area contributed by atoms with Crippen molar-refractivity contribution >= 4 is 5.91 Å². The lowest BCUT2D eigenvalue weighted by molar-refractivity contribution is -0.116. The number of benzene rings is 1. The van der Waals surface area contributed by atoms with Gasteiger partial charge in [-0.3, -0.25) is 4.79 Å². The average molecular weight is 173 g/mol. The van der Waals surface area contributed by atoms with Gasteiger partial charge < -0.3 is 5.32 Å². The Morgan fingerprint density at radius 2 is 2.08 bits per heavy atom. The van der Waals surface area contributed by atoms with E-state index in [9.17, 15) is 4.79 Å². The molecule has 0 aliphatic rings. The van der Waals surface area contributed by atoms with Gasteiger partial charge in [0.1, 0.15) is 0 Å². The molecule has 1 aromatic carbocycles. The van der Waals surface area contributed by atoms with E-state index in [1.54, 1.807) is 24.3 Å². The highest BCUT2D eigenvalue weighted by Gasteiger charge is 1.94. The van der Waals surface area contributed by atoms with Crippen LogP contribution in [0.4, 0.5) is 0 Å². The molecule has 0 saturated carbocycles. The highest BCUT2D eigenvalue weighted by Crippen LogP contribution is 2.02. The molecule has 1 radical (unpaired) electrons. The summed E-state index contributed by atoms with van der Waals surface area (Å²) in [5.74, 6) is -0.302. The van der Waals surface area contributed by atoms with Crippen molar-refractivity contribution in [1.29, 1.82) is 5.26 Å². The topological polar surface area (TPSA) is 52.9 Å². The molecular formula is C10H9N2O. The molecule has 0 saturated heterocycles. The molecule has 0 aromatic heterocycles. The Bertz CT molecular complexity index is 335. The monoisotopic (exact) mass is 173 g/mol. The fourth-order valence-electron chi connectivity index (χ4n) is 0.898. The van der Waals surface area contributed by atoms with Crippen molar-refractivity contribution in [2.75, 3.05) is 0 Å². The molecule has 0 atom stereocenters. The lowest BCUT2D eigenvalue weighted by Crippen LogP contribution is -2.19. The number of hydrogen-bond donors (Lipinski definition) is 1. The Hall–Kier alpha value is -1.82. The van der Waals surface area contributed by atoms with E-state index in [1.807, 2.05) is 6.07 Å². The van der Waals surface area contributed by atoms with Gasteiger partial charge in [0.25, 0.3) is 0 Å². The number of carbonyl (C=O) groups excluding carboxylic acids is 1. The van der Waals surface area contributed by atoms with Gasteiger partial charge in [-0.15, -0.1) is 0 Å². The number of amides is 1. The van der Waals surface area contributed by atoms with Crippen LogP contribution in [0.5, 0.6) is 0 Å². The minimum absolute atomic E-state index is 0.302. The van der Waals surface area contributed by atoms with Crippen LogP contribution in [0, 0.1) is 18.3 Å². The second-order valence-electron chi connectivity index (χ2n) is 2.59. The van der Waals surface area contributed by atoms with Crippen molar-refractivity contribution in [3.05, 3.63) is 42.3 Å². The summed E-state index contributed by atoms with van der Waals surface area (Å²) < 4.78 is 0. The summed E-state index contributed by atoms with van der Waals surface area (Å²) >= 11 is 0. The van der Waals surface area contributed by atoms with Gasteiger partial charge >= 0.3 is 0 Å². The van der Waals surface area contributed by atoms with E-state index >= 15 is 0 Å². The maximum atomic E-state index is 10.5. The summed E-state index contributed by atoms with van der Waals surface area (Å²) in [6.45, 7) is 3.64. The summed E-state index contributed by atoms with van der Waals surface area (Å²) in [5, 5.41) is 11.1. The Labute approximate surface area is 77.0 Å². The number of carbonyl (C=O) groups is 1. The molecule has 13 heavy (non-hydrogen) atoms. The van der Waals surface area contributed by atoms with Gasteiger partial charge in [-0.25, -0.2) is 0 Å². The van der Waals surface area contributed by atoms with Gasteiger partial charge in [-0.05, 0) is 17.7 Å². The van der Waals surface area contributed by atoms with Crippen molar-refractivity contribution in [3.63, 3.8) is 0 Å². The van der Waals surface area contributed by atoms with Crippen molar-refractivity contribution < 1.29 is 4.79 Å². The van der Waals surface area contributed by atoms with E-state index in [2.05, 4.69) is 12.2 Å². The van der Waals surface area contributed by atoms with Crippen LogP contribution in [0.3, 0.4) is 0 Å². The lowest BCUT2D eigenvalue weighted by atomic mass is 10.1. The molecule has 3 heteroatoms.